The van der Waals surface area contributed by atoms with E-state index in [9.17, 15) is 9.59 Å². The maximum atomic E-state index is 13.0. The summed E-state index contributed by atoms with van der Waals surface area (Å²) in [5, 5.41) is 2.82. The monoisotopic (exact) mass is 494 g/mol. The van der Waals surface area contributed by atoms with Gasteiger partial charge in [0, 0.05) is 26.1 Å². The van der Waals surface area contributed by atoms with E-state index in [1.165, 1.54) is 43.2 Å². The predicted octanol–water partition coefficient (Wildman–Crippen LogP) is 7.64. The van der Waals surface area contributed by atoms with Crippen LogP contribution in [0, 0.1) is 0 Å². The average molecular weight is 495 g/mol. The van der Waals surface area contributed by atoms with Crippen LogP contribution in [0.25, 0.3) is 0 Å². The second-order valence-corrected chi connectivity index (χ2v) is 10.6. The van der Waals surface area contributed by atoms with Crippen LogP contribution in [0.5, 0.6) is 0 Å². The van der Waals surface area contributed by atoms with Gasteiger partial charge in [-0.15, -0.1) is 0 Å². The quantitative estimate of drug-likeness (QED) is 0.244. The molecule has 0 aliphatic carbocycles. The minimum absolute atomic E-state index is 0.239. The summed E-state index contributed by atoms with van der Waals surface area (Å²) in [4.78, 5) is 26.6. The van der Waals surface area contributed by atoms with Gasteiger partial charge in [-0.05, 0) is 44.7 Å². The van der Waals surface area contributed by atoms with Crippen LogP contribution in [-0.4, -0.2) is 29.0 Å². The van der Waals surface area contributed by atoms with E-state index in [0.29, 0.717) is 26.1 Å². The van der Waals surface area contributed by atoms with Crippen molar-refractivity contribution in [1.29, 1.82) is 0 Å². The third kappa shape index (κ3) is 13.9. The highest BCUT2D eigenvalue weighted by atomic mass is 16.6. The van der Waals surface area contributed by atoms with Crippen molar-refractivity contribution in [3.8, 4) is 0 Å². The molecule has 0 aliphatic heterocycles. The first kappa shape index (κ1) is 29.4. The molecular weight excluding hydrogens is 448 g/mol. The average Bonchev–Trinajstić information content (AvgIpc) is 2.84. The number of nitrogens with one attached hydrogen (secondary N) is 1. The lowest BCUT2D eigenvalue weighted by Gasteiger charge is -2.23. The molecule has 0 atom stereocenters. The Balaban J connectivity index is 1.54. The highest BCUT2D eigenvalue weighted by Gasteiger charge is 2.16. The van der Waals surface area contributed by atoms with Gasteiger partial charge >= 0.3 is 6.09 Å². The molecule has 2 amide bonds. The number of carbonyl (C=O) groups excluding carboxylic acids is 2. The van der Waals surface area contributed by atoms with Crippen molar-refractivity contribution >= 4 is 12.0 Å². The van der Waals surface area contributed by atoms with Crippen molar-refractivity contribution in [3.05, 3.63) is 71.8 Å². The Morgan fingerprint density at radius 3 is 1.61 bits per heavy atom. The van der Waals surface area contributed by atoms with Gasteiger partial charge in [-0.2, -0.15) is 0 Å². The Kier molecular flexibility index (Phi) is 13.7. The number of amides is 2. The Labute approximate surface area is 218 Å². The smallest absolute Gasteiger partial charge is 0.407 e. The zero-order valence-corrected chi connectivity index (χ0v) is 22.6. The summed E-state index contributed by atoms with van der Waals surface area (Å²) < 4.78 is 5.24. The van der Waals surface area contributed by atoms with E-state index in [4.69, 9.17) is 4.74 Å². The molecule has 0 fully saturated rings. The molecule has 1 N–H and O–H groups in total. The summed E-state index contributed by atoms with van der Waals surface area (Å²) in [5.74, 6) is 0.239. The Hall–Kier alpha value is -2.82. The van der Waals surface area contributed by atoms with Gasteiger partial charge in [0.15, 0.2) is 0 Å². The molecule has 0 aliphatic rings. The van der Waals surface area contributed by atoms with E-state index < -0.39 is 5.60 Å². The number of unbranched alkanes of at least 4 members (excludes halogenated alkanes) is 8. The van der Waals surface area contributed by atoms with Gasteiger partial charge in [0.05, 0.1) is 0 Å². The first-order valence-corrected chi connectivity index (χ1v) is 13.7. The number of alkyl carbamates (subject to hydrolysis) is 1. The van der Waals surface area contributed by atoms with Crippen molar-refractivity contribution in [3.63, 3.8) is 0 Å². The van der Waals surface area contributed by atoms with Crippen LogP contribution in [0.2, 0.25) is 0 Å². The van der Waals surface area contributed by atoms with Crippen LogP contribution >= 0.6 is 0 Å². The Bertz CT molecular complexity index is 821. The highest BCUT2D eigenvalue weighted by Crippen LogP contribution is 2.15. The maximum Gasteiger partial charge on any atom is 0.407 e. The van der Waals surface area contributed by atoms with Crippen LogP contribution in [0.4, 0.5) is 4.79 Å². The minimum atomic E-state index is -0.443. The normalized spacial score (nSPS) is 11.2. The molecule has 0 saturated heterocycles. The molecule has 5 heteroatoms. The van der Waals surface area contributed by atoms with Gasteiger partial charge in [0.25, 0.3) is 0 Å². The number of hydrogen-bond donors (Lipinski definition) is 1. The Morgan fingerprint density at radius 1 is 0.694 bits per heavy atom. The fraction of sp³-hybridized carbons (Fsp3) is 0.548. The molecule has 0 saturated carbocycles. The highest BCUT2D eigenvalue weighted by molar-refractivity contribution is 5.76. The molecule has 36 heavy (non-hydrogen) atoms. The Morgan fingerprint density at radius 2 is 1.14 bits per heavy atom. The summed E-state index contributed by atoms with van der Waals surface area (Å²) in [5.41, 5.74) is 1.89. The van der Waals surface area contributed by atoms with Gasteiger partial charge in [-0.3, -0.25) is 4.79 Å². The van der Waals surface area contributed by atoms with E-state index in [1.807, 2.05) is 62.1 Å². The minimum Gasteiger partial charge on any atom is -0.444 e. The molecular formula is C31H46N2O3. The van der Waals surface area contributed by atoms with Crippen molar-refractivity contribution in [2.75, 3.05) is 6.54 Å². The molecule has 0 spiro atoms. The fourth-order valence-corrected chi connectivity index (χ4v) is 4.14. The van der Waals surface area contributed by atoms with Gasteiger partial charge in [0.1, 0.15) is 5.60 Å². The first-order chi connectivity index (χ1) is 17.3. The van der Waals surface area contributed by atoms with E-state index >= 15 is 0 Å². The van der Waals surface area contributed by atoms with E-state index in [-0.39, 0.29) is 12.0 Å². The van der Waals surface area contributed by atoms with Gasteiger partial charge < -0.3 is 15.0 Å². The van der Waals surface area contributed by atoms with Crippen molar-refractivity contribution < 1.29 is 14.3 Å². The molecule has 2 aromatic carbocycles. The van der Waals surface area contributed by atoms with Crippen LogP contribution in [-0.2, 0) is 22.6 Å². The lowest BCUT2D eigenvalue weighted by molar-refractivity contribution is -0.132. The third-order valence-electron chi connectivity index (χ3n) is 6.02. The molecule has 5 nitrogen and oxygen atoms in total. The molecule has 0 aromatic heterocycles. The summed E-state index contributed by atoms with van der Waals surface area (Å²) >= 11 is 0. The van der Waals surface area contributed by atoms with Crippen molar-refractivity contribution in [1.82, 2.24) is 10.2 Å². The predicted molar refractivity (Wildman–Crippen MR) is 148 cm³/mol. The van der Waals surface area contributed by atoms with Crippen LogP contribution in [0.3, 0.4) is 0 Å². The lowest BCUT2D eigenvalue weighted by atomic mass is 10.1. The van der Waals surface area contributed by atoms with Gasteiger partial charge in [-0.25, -0.2) is 4.79 Å². The fourth-order valence-electron chi connectivity index (χ4n) is 4.14. The topological polar surface area (TPSA) is 58.6 Å². The third-order valence-corrected chi connectivity index (χ3v) is 6.02. The van der Waals surface area contributed by atoms with E-state index in [0.717, 1.165) is 25.7 Å². The number of rotatable bonds is 16. The second-order valence-electron chi connectivity index (χ2n) is 10.6. The summed E-state index contributed by atoms with van der Waals surface area (Å²) in [6.45, 7) is 7.60. The zero-order chi connectivity index (χ0) is 26.1. The molecule has 2 rings (SSSR count). The van der Waals surface area contributed by atoms with E-state index in [2.05, 4.69) is 29.6 Å². The number of carbonyl (C=O) groups is 2. The van der Waals surface area contributed by atoms with Crippen LogP contribution in [0.1, 0.15) is 96.1 Å². The molecule has 0 heterocycles. The maximum absolute atomic E-state index is 13.0. The molecule has 0 unspecified atom stereocenters. The van der Waals surface area contributed by atoms with Crippen molar-refractivity contribution in [2.24, 2.45) is 0 Å². The van der Waals surface area contributed by atoms with Gasteiger partial charge in [0.2, 0.25) is 5.91 Å². The summed E-state index contributed by atoms with van der Waals surface area (Å²) in [6, 6.07) is 20.5. The molecule has 2 aromatic rings. The standard InChI is InChI=1S/C31H46N2O3/c1-31(2,3)36-30(35)32-24-18-10-8-6-4-5-7-9-17-23-29(34)33(25-27-19-13-11-14-20-27)26-28-21-15-12-16-22-28/h11-16,19-22H,4-10,17-18,23-26H2,1-3H3,(H,32,35). The summed E-state index contributed by atoms with van der Waals surface area (Å²) in [7, 11) is 0. The van der Waals surface area contributed by atoms with Crippen molar-refractivity contribution in [2.45, 2.75) is 104 Å². The molecule has 198 valence electrons. The number of ether oxygens (including phenoxy) is 1. The lowest BCUT2D eigenvalue weighted by Crippen LogP contribution is -2.32. The van der Waals surface area contributed by atoms with Gasteiger partial charge in [-0.1, -0.05) is 106 Å². The molecule has 0 bridgehead atoms. The first-order valence-electron chi connectivity index (χ1n) is 13.7. The van der Waals surface area contributed by atoms with Crippen LogP contribution in [0.15, 0.2) is 60.7 Å². The largest absolute Gasteiger partial charge is 0.444 e. The second kappa shape index (κ2) is 16.8. The summed E-state index contributed by atoms with van der Waals surface area (Å²) in [6.07, 6.45) is 10.5. The molecule has 0 radical (unpaired) electrons. The van der Waals surface area contributed by atoms with Crippen LogP contribution < -0.4 is 5.32 Å². The number of benzene rings is 2. The number of hydrogen-bond acceptors (Lipinski definition) is 3. The number of nitrogens with zero attached hydrogens (tertiary/aromatic N) is 1. The zero-order valence-electron chi connectivity index (χ0n) is 22.6. The van der Waals surface area contributed by atoms with E-state index in [1.54, 1.807) is 0 Å². The SMILES string of the molecule is CC(C)(C)OC(=O)NCCCCCCCCCCCC(=O)N(Cc1ccccc1)Cc1ccccc1.